The molecule has 0 atom stereocenters. The summed E-state index contributed by atoms with van der Waals surface area (Å²) in [4.78, 5) is 0. The van der Waals surface area contributed by atoms with Gasteiger partial charge in [0.15, 0.2) is 0 Å². The summed E-state index contributed by atoms with van der Waals surface area (Å²) in [5, 5.41) is 0. The van der Waals surface area contributed by atoms with Crippen molar-refractivity contribution in [3.63, 3.8) is 0 Å². The minimum atomic E-state index is -3.08. The molecule has 0 radical (unpaired) electrons. The van der Waals surface area contributed by atoms with Gasteiger partial charge in [-0.25, -0.2) is 13.1 Å². The molecule has 1 saturated carbocycles. The summed E-state index contributed by atoms with van der Waals surface area (Å²) in [6.07, 6.45) is 5.71. The monoisotopic (exact) mass is 252 g/mol. The number of unbranched alkanes of at least 4 members (excludes halogenated alkanes) is 1. The lowest BCUT2D eigenvalue weighted by atomic mass is 10.3. The Hall–Kier alpha value is 0.220. The summed E-state index contributed by atoms with van der Waals surface area (Å²) in [6, 6.07) is 0. The Morgan fingerprint density at radius 2 is 2.07 bits per heavy atom. The minimum absolute atomic E-state index is 0.195. The Bertz CT molecular complexity index is 286. The molecule has 6 heteroatoms. The lowest BCUT2D eigenvalue weighted by Crippen LogP contribution is -2.33. The number of hydrogen-bond acceptors (Lipinski definition) is 4. The van der Waals surface area contributed by atoms with Gasteiger partial charge in [0.25, 0.3) is 0 Å². The van der Waals surface area contributed by atoms with E-state index in [0.717, 1.165) is 19.3 Å². The first-order chi connectivity index (χ1) is 7.04. The predicted molar refractivity (Wildman–Crippen MR) is 65.6 cm³/mol. The van der Waals surface area contributed by atoms with Crippen LogP contribution in [0.4, 0.5) is 0 Å². The van der Waals surface area contributed by atoms with Crippen LogP contribution in [0.2, 0.25) is 0 Å². The molecule has 90 valence electrons. The molecule has 1 aliphatic rings. The average Bonchev–Trinajstić information content (AvgIpc) is 2.96. The van der Waals surface area contributed by atoms with Crippen molar-refractivity contribution in [1.29, 1.82) is 0 Å². The second-order valence-corrected chi connectivity index (χ2v) is 7.22. The summed E-state index contributed by atoms with van der Waals surface area (Å²) >= 11 is 1.76. The fraction of sp³-hybridized carbons (Fsp3) is 1.00. The SMILES string of the molecule is CSC1(CNS(=O)(=O)CCCCN)CC1. The molecule has 15 heavy (non-hydrogen) atoms. The highest BCUT2D eigenvalue weighted by Gasteiger charge is 2.42. The molecular formula is C9H20N2O2S2. The van der Waals surface area contributed by atoms with Gasteiger partial charge in [-0.05, 0) is 38.5 Å². The Morgan fingerprint density at radius 3 is 2.53 bits per heavy atom. The van der Waals surface area contributed by atoms with Crippen LogP contribution in [-0.4, -0.2) is 38.3 Å². The normalized spacial score (nSPS) is 19.1. The minimum Gasteiger partial charge on any atom is -0.330 e. The Kier molecular flexibility index (Phi) is 4.89. The summed E-state index contributed by atoms with van der Waals surface area (Å²) in [5.41, 5.74) is 5.31. The van der Waals surface area contributed by atoms with Crippen LogP contribution in [0.1, 0.15) is 25.7 Å². The maximum Gasteiger partial charge on any atom is 0.211 e. The largest absolute Gasteiger partial charge is 0.330 e. The highest BCUT2D eigenvalue weighted by molar-refractivity contribution is 8.00. The van der Waals surface area contributed by atoms with E-state index < -0.39 is 10.0 Å². The fourth-order valence-corrected chi connectivity index (χ4v) is 3.39. The van der Waals surface area contributed by atoms with E-state index in [1.807, 2.05) is 6.26 Å². The van der Waals surface area contributed by atoms with Gasteiger partial charge in [0.2, 0.25) is 10.0 Å². The van der Waals surface area contributed by atoms with E-state index >= 15 is 0 Å². The maximum absolute atomic E-state index is 11.5. The number of sulfonamides is 1. The molecule has 0 saturated heterocycles. The van der Waals surface area contributed by atoms with E-state index in [4.69, 9.17) is 5.73 Å². The molecule has 0 aromatic heterocycles. The lowest BCUT2D eigenvalue weighted by Gasteiger charge is -2.13. The van der Waals surface area contributed by atoms with Crippen molar-refractivity contribution in [2.24, 2.45) is 5.73 Å². The molecule has 4 nitrogen and oxygen atoms in total. The van der Waals surface area contributed by atoms with Crippen LogP contribution in [0, 0.1) is 0 Å². The molecule has 0 aromatic rings. The molecule has 1 fully saturated rings. The van der Waals surface area contributed by atoms with Crippen molar-refractivity contribution in [2.75, 3.05) is 25.1 Å². The van der Waals surface area contributed by atoms with Gasteiger partial charge >= 0.3 is 0 Å². The predicted octanol–water partition coefficient (Wildman–Crippen LogP) is 0.540. The van der Waals surface area contributed by atoms with E-state index in [2.05, 4.69) is 4.72 Å². The van der Waals surface area contributed by atoms with Crippen LogP contribution in [0.15, 0.2) is 0 Å². The van der Waals surface area contributed by atoms with Crippen LogP contribution in [0.3, 0.4) is 0 Å². The van der Waals surface area contributed by atoms with Gasteiger partial charge in [-0.15, -0.1) is 0 Å². The van der Waals surface area contributed by atoms with Crippen molar-refractivity contribution in [3.05, 3.63) is 0 Å². The lowest BCUT2D eigenvalue weighted by molar-refractivity contribution is 0.575. The molecule has 0 heterocycles. The van der Waals surface area contributed by atoms with Crippen LogP contribution in [-0.2, 0) is 10.0 Å². The second kappa shape index (κ2) is 5.52. The fourth-order valence-electron chi connectivity index (χ4n) is 1.34. The highest BCUT2D eigenvalue weighted by Crippen LogP contribution is 2.46. The molecule has 0 unspecified atom stereocenters. The molecule has 0 aliphatic heterocycles. The smallest absolute Gasteiger partial charge is 0.211 e. The van der Waals surface area contributed by atoms with Crippen molar-refractivity contribution in [1.82, 2.24) is 4.72 Å². The third-order valence-corrected chi connectivity index (χ3v) is 5.55. The zero-order chi connectivity index (χ0) is 11.4. The van der Waals surface area contributed by atoms with E-state index in [-0.39, 0.29) is 10.5 Å². The average molecular weight is 252 g/mol. The van der Waals surface area contributed by atoms with Crippen molar-refractivity contribution in [3.8, 4) is 0 Å². The molecule has 0 spiro atoms. The first-order valence-corrected chi connectivity index (χ1v) is 8.14. The second-order valence-electron chi connectivity index (χ2n) is 4.02. The zero-order valence-corrected chi connectivity index (χ0v) is 10.8. The maximum atomic E-state index is 11.5. The summed E-state index contributed by atoms with van der Waals surface area (Å²) in [6.45, 7) is 1.14. The number of rotatable bonds is 8. The summed E-state index contributed by atoms with van der Waals surface area (Å²) < 4.78 is 25.9. The summed E-state index contributed by atoms with van der Waals surface area (Å²) in [7, 11) is -3.08. The quantitative estimate of drug-likeness (QED) is 0.619. The molecule has 1 aliphatic carbocycles. The van der Waals surface area contributed by atoms with Gasteiger partial charge in [0.05, 0.1) is 5.75 Å². The van der Waals surface area contributed by atoms with Gasteiger partial charge in [0, 0.05) is 11.3 Å². The van der Waals surface area contributed by atoms with E-state index in [9.17, 15) is 8.42 Å². The summed E-state index contributed by atoms with van der Waals surface area (Å²) in [5.74, 6) is 0.203. The van der Waals surface area contributed by atoms with Gasteiger partial charge in [-0.2, -0.15) is 11.8 Å². The van der Waals surface area contributed by atoms with Crippen LogP contribution < -0.4 is 10.5 Å². The van der Waals surface area contributed by atoms with E-state index in [1.54, 1.807) is 11.8 Å². The van der Waals surface area contributed by atoms with E-state index in [1.165, 1.54) is 0 Å². The Labute approximate surface area is 96.4 Å². The number of hydrogen-bond donors (Lipinski definition) is 2. The van der Waals surface area contributed by atoms with Gasteiger partial charge in [-0.3, -0.25) is 0 Å². The molecule has 0 bridgehead atoms. The number of nitrogens with one attached hydrogen (secondary N) is 1. The van der Waals surface area contributed by atoms with Crippen LogP contribution >= 0.6 is 11.8 Å². The van der Waals surface area contributed by atoms with Crippen molar-refractivity contribution in [2.45, 2.75) is 30.4 Å². The van der Waals surface area contributed by atoms with Gasteiger partial charge in [0.1, 0.15) is 0 Å². The van der Waals surface area contributed by atoms with Gasteiger partial charge < -0.3 is 5.73 Å². The topological polar surface area (TPSA) is 72.2 Å². The zero-order valence-electron chi connectivity index (χ0n) is 9.16. The van der Waals surface area contributed by atoms with E-state index in [0.29, 0.717) is 19.5 Å². The van der Waals surface area contributed by atoms with Crippen LogP contribution in [0.5, 0.6) is 0 Å². The first kappa shape index (κ1) is 13.3. The Morgan fingerprint density at radius 1 is 1.40 bits per heavy atom. The Balaban J connectivity index is 2.24. The van der Waals surface area contributed by atoms with Crippen molar-refractivity contribution < 1.29 is 8.42 Å². The van der Waals surface area contributed by atoms with Crippen molar-refractivity contribution >= 4 is 21.8 Å². The molecule has 1 rings (SSSR count). The third-order valence-electron chi connectivity index (χ3n) is 2.72. The highest BCUT2D eigenvalue weighted by atomic mass is 32.2. The molecule has 0 aromatic carbocycles. The van der Waals surface area contributed by atoms with Gasteiger partial charge in [-0.1, -0.05) is 0 Å². The number of thioether (sulfide) groups is 1. The standard InChI is InChI=1S/C9H20N2O2S2/c1-14-9(4-5-9)8-11-15(12,13)7-3-2-6-10/h11H,2-8,10H2,1H3. The number of nitrogens with two attached hydrogens (primary N) is 1. The van der Waals surface area contributed by atoms with Crippen LogP contribution in [0.25, 0.3) is 0 Å². The molecule has 0 amide bonds. The molecular weight excluding hydrogens is 232 g/mol. The third kappa shape index (κ3) is 4.72. The molecule has 3 N–H and O–H groups in total. The first-order valence-electron chi connectivity index (χ1n) is 5.26.